The third-order valence-electron chi connectivity index (χ3n) is 8.26. The largest absolute Gasteiger partial charge is 0.508 e. The molecule has 0 spiro atoms. The maximum atomic E-state index is 11.6. The van der Waals surface area contributed by atoms with E-state index in [0.717, 1.165) is 50.5 Å². The minimum atomic E-state index is -0.0984. The van der Waals surface area contributed by atoms with Crippen LogP contribution < -0.4 is 4.90 Å². The Morgan fingerprint density at radius 3 is 2.30 bits per heavy atom. The molecule has 1 N–H and O–H groups in total. The predicted molar refractivity (Wildman–Crippen MR) is 118 cm³/mol. The molecule has 164 valence electrons. The monoisotopic (exact) mass is 412 g/mol. The van der Waals surface area contributed by atoms with Gasteiger partial charge in [-0.15, -0.1) is 0 Å². The number of anilines is 1. The zero-order valence-corrected chi connectivity index (χ0v) is 18.3. The van der Waals surface area contributed by atoms with Crippen LogP contribution in [0.1, 0.15) is 57.4 Å². The molecule has 1 aromatic rings. The van der Waals surface area contributed by atoms with Gasteiger partial charge < -0.3 is 14.7 Å². The standard InChI is InChI=1S/C25H36N2O3/c1-2-30-24(29)5-6-26-7-9-27(10-8-26)21-3-4-23(28)22(14-21)25-15-18-11-19(16-25)13-20(12-18)17-25/h3-4,14,18-20,28H,2,5-13,15-17H2,1H3. The fourth-order valence-corrected chi connectivity index (χ4v) is 7.30. The first kappa shape index (κ1) is 20.2. The van der Waals surface area contributed by atoms with Crippen molar-refractivity contribution in [2.45, 2.75) is 57.3 Å². The molecule has 30 heavy (non-hydrogen) atoms. The summed E-state index contributed by atoms with van der Waals surface area (Å²) in [6.45, 7) is 6.95. The highest BCUT2D eigenvalue weighted by atomic mass is 16.5. The number of hydrogen-bond donors (Lipinski definition) is 1. The highest BCUT2D eigenvalue weighted by molar-refractivity contribution is 5.69. The summed E-state index contributed by atoms with van der Waals surface area (Å²) >= 11 is 0. The SMILES string of the molecule is CCOC(=O)CCN1CCN(c2ccc(O)c(C34CC5CC(CC(C5)C3)C4)c2)CC1. The van der Waals surface area contributed by atoms with Crippen molar-refractivity contribution in [3.8, 4) is 5.75 Å². The molecule has 4 bridgehead atoms. The number of carbonyl (C=O) groups is 1. The van der Waals surface area contributed by atoms with Crippen molar-refractivity contribution in [3.63, 3.8) is 0 Å². The highest BCUT2D eigenvalue weighted by Crippen LogP contribution is 2.62. The van der Waals surface area contributed by atoms with E-state index in [4.69, 9.17) is 4.74 Å². The van der Waals surface area contributed by atoms with Gasteiger partial charge in [-0.05, 0) is 86.8 Å². The van der Waals surface area contributed by atoms with E-state index in [0.29, 0.717) is 18.8 Å². The van der Waals surface area contributed by atoms with E-state index in [1.54, 1.807) is 0 Å². The topological polar surface area (TPSA) is 53.0 Å². The number of rotatable bonds is 6. The van der Waals surface area contributed by atoms with Crippen LogP contribution in [0.25, 0.3) is 0 Å². The van der Waals surface area contributed by atoms with Crippen LogP contribution >= 0.6 is 0 Å². The number of phenolic OH excluding ortho intramolecular Hbond substituents is 1. The molecule has 1 heterocycles. The van der Waals surface area contributed by atoms with Crippen LogP contribution in [0.3, 0.4) is 0 Å². The maximum Gasteiger partial charge on any atom is 0.307 e. The molecule has 0 aromatic heterocycles. The molecule has 5 heteroatoms. The second kappa shape index (κ2) is 8.07. The number of phenols is 1. The third-order valence-corrected chi connectivity index (χ3v) is 8.26. The van der Waals surface area contributed by atoms with Gasteiger partial charge in [0.2, 0.25) is 0 Å². The molecule has 0 unspecified atom stereocenters. The predicted octanol–water partition coefficient (Wildman–Crippen LogP) is 3.94. The summed E-state index contributed by atoms with van der Waals surface area (Å²) in [7, 11) is 0. The minimum absolute atomic E-state index is 0.0984. The van der Waals surface area contributed by atoms with Gasteiger partial charge in [-0.3, -0.25) is 9.69 Å². The van der Waals surface area contributed by atoms with Gasteiger partial charge in [0.1, 0.15) is 5.75 Å². The number of aromatic hydroxyl groups is 1. The van der Waals surface area contributed by atoms with Crippen LogP contribution in [-0.2, 0) is 14.9 Å². The number of carbonyl (C=O) groups excluding carboxylic acids is 1. The van der Waals surface area contributed by atoms with Gasteiger partial charge in [-0.2, -0.15) is 0 Å². The van der Waals surface area contributed by atoms with E-state index in [1.165, 1.54) is 49.8 Å². The average molecular weight is 413 g/mol. The highest BCUT2D eigenvalue weighted by Gasteiger charge is 2.52. The van der Waals surface area contributed by atoms with Crippen LogP contribution in [0.15, 0.2) is 18.2 Å². The number of esters is 1. The van der Waals surface area contributed by atoms with Gasteiger partial charge >= 0.3 is 5.97 Å². The number of hydrogen-bond acceptors (Lipinski definition) is 5. The van der Waals surface area contributed by atoms with Crippen molar-refractivity contribution in [2.24, 2.45) is 17.8 Å². The molecule has 0 radical (unpaired) electrons. The second-order valence-electron chi connectivity index (χ2n) is 10.3. The van der Waals surface area contributed by atoms with E-state index in [2.05, 4.69) is 21.9 Å². The van der Waals surface area contributed by atoms with E-state index in [-0.39, 0.29) is 11.4 Å². The van der Waals surface area contributed by atoms with Crippen molar-refractivity contribution in [1.29, 1.82) is 0 Å². The lowest BCUT2D eigenvalue weighted by molar-refractivity contribution is -0.143. The lowest BCUT2D eigenvalue weighted by atomic mass is 9.48. The average Bonchev–Trinajstić information content (AvgIpc) is 2.72. The zero-order valence-electron chi connectivity index (χ0n) is 18.3. The third kappa shape index (κ3) is 3.81. The first-order valence-corrected chi connectivity index (χ1v) is 12.0. The summed E-state index contributed by atoms with van der Waals surface area (Å²) < 4.78 is 5.05. The number of ether oxygens (including phenoxy) is 1. The molecular formula is C25H36N2O3. The van der Waals surface area contributed by atoms with Gasteiger partial charge in [-0.25, -0.2) is 0 Å². The van der Waals surface area contributed by atoms with E-state index < -0.39 is 0 Å². The second-order valence-corrected chi connectivity index (χ2v) is 10.3. The fourth-order valence-electron chi connectivity index (χ4n) is 7.30. The molecular weight excluding hydrogens is 376 g/mol. The summed E-state index contributed by atoms with van der Waals surface area (Å²) in [6, 6.07) is 6.35. The quantitative estimate of drug-likeness (QED) is 0.718. The molecule has 1 aliphatic heterocycles. The van der Waals surface area contributed by atoms with Crippen molar-refractivity contribution < 1.29 is 14.6 Å². The van der Waals surface area contributed by atoms with Gasteiger partial charge in [0, 0.05) is 44.0 Å². The molecule has 5 aliphatic rings. The Balaban J connectivity index is 1.26. The van der Waals surface area contributed by atoms with Gasteiger partial charge in [0.25, 0.3) is 0 Å². The zero-order chi connectivity index (χ0) is 20.7. The summed E-state index contributed by atoms with van der Waals surface area (Å²) in [5, 5.41) is 10.8. The summed E-state index contributed by atoms with van der Waals surface area (Å²) in [5.74, 6) is 3.04. The normalized spacial score (nSPS) is 33.1. The van der Waals surface area contributed by atoms with E-state index in [1.807, 2.05) is 13.0 Å². The Morgan fingerprint density at radius 2 is 1.70 bits per heavy atom. The van der Waals surface area contributed by atoms with Crippen molar-refractivity contribution in [3.05, 3.63) is 23.8 Å². The summed E-state index contributed by atoms with van der Waals surface area (Å²) in [5.41, 5.74) is 2.70. The first-order chi connectivity index (χ1) is 14.5. The van der Waals surface area contributed by atoms with Gasteiger partial charge in [0.15, 0.2) is 0 Å². The van der Waals surface area contributed by atoms with E-state index in [9.17, 15) is 9.90 Å². The molecule has 6 rings (SSSR count). The number of benzene rings is 1. The van der Waals surface area contributed by atoms with Crippen LogP contribution in [0.5, 0.6) is 5.75 Å². The Bertz CT molecular complexity index is 749. The van der Waals surface area contributed by atoms with Crippen LogP contribution in [0, 0.1) is 17.8 Å². The van der Waals surface area contributed by atoms with Crippen molar-refractivity contribution in [2.75, 3.05) is 44.2 Å². The summed E-state index contributed by atoms with van der Waals surface area (Å²) in [6.07, 6.45) is 8.57. The van der Waals surface area contributed by atoms with E-state index >= 15 is 0 Å². The molecule has 5 nitrogen and oxygen atoms in total. The van der Waals surface area contributed by atoms with Crippen LogP contribution in [0.2, 0.25) is 0 Å². The van der Waals surface area contributed by atoms with Crippen LogP contribution in [-0.4, -0.2) is 55.3 Å². The first-order valence-electron chi connectivity index (χ1n) is 12.0. The lowest BCUT2D eigenvalue weighted by Gasteiger charge is -2.57. The Labute approximate surface area is 180 Å². The molecule has 5 fully saturated rings. The maximum absolute atomic E-state index is 11.6. The molecule has 4 aliphatic carbocycles. The summed E-state index contributed by atoms with van der Waals surface area (Å²) in [4.78, 5) is 16.4. The number of piperazine rings is 1. The smallest absolute Gasteiger partial charge is 0.307 e. The molecule has 1 saturated heterocycles. The van der Waals surface area contributed by atoms with Crippen molar-refractivity contribution in [1.82, 2.24) is 4.90 Å². The molecule has 0 atom stereocenters. The lowest BCUT2D eigenvalue weighted by Crippen LogP contribution is -2.49. The molecule has 4 saturated carbocycles. The van der Waals surface area contributed by atoms with Crippen LogP contribution in [0.4, 0.5) is 5.69 Å². The van der Waals surface area contributed by atoms with Gasteiger partial charge in [0.05, 0.1) is 13.0 Å². The molecule has 0 amide bonds. The Hall–Kier alpha value is -1.75. The minimum Gasteiger partial charge on any atom is -0.508 e. The van der Waals surface area contributed by atoms with Gasteiger partial charge in [-0.1, -0.05) is 0 Å². The number of nitrogens with zero attached hydrogens (tertiary/aromatic N) is 2. The Morgan fingerprint density at radius 1 is 1.07 bits per heavy atom. The van der Waals surface area contributed by atoms with Crippen molar-refractivity contribution >= 4 is 11.7 Å². The molecule has 1 aromatic carbocycles. The fraction of sp³-hybridized carbons (Fsp3) is 0.720. The Kier molecular flexibility index (Phi) is 5.42.